The van der Waals surface area contributed by atoms with Gasteiger partial charge in [-0.2, -0.15) is 11.8 Å². The molecule has 1 aromatic heterocycles. The number of rotatable bonds is 6. The molecule has 1 unspecified atom stereocenters. The van der Waals surface area contributed by atoms with Crippen LogP contribution < -0.4 is 11.3 Å². The predicted molar refractivity (Wildman–Crippen MR) is 69.8 cm³/mol. The van der Waals surface area contributed by atoms with E-state index in [2.05, 4.69) is 32.6 Å². The number of hydrogen-bond donors (Lipinski definition) is 2. The Bertz CT molecular complexity index is 279. The SMILES string of the molecule is CSCCC(Cc1ccc(Br)cn1)NN. The van der Waals surface area contributed by atoms with Crippen LogP contribution in [0.1, 0.15) is 12.1 Å². The van der Waals surface area contributed by atoms with Gasteiger partial charge in [-0.1, -0.05) is 0 Å². The second-order valence-corrected chi connectivity index (χ2v) is 5.22. The fraction of sp³-hybridized carbons (Fsp3) is 0.500. The van der Waals surface area contributed by atoms with Crippen LogP contribution >= 0.6 is 27.7 Å². The monoisotopic (exact) mass is 289 g/mol. The van der Waals surface area contributed by atoms with Crippen LogP contribution in [0.15, 0.2) is 22.8 Å². The first-order valence-corrected chi connectivity index (χ1v) is 7.00. The Balaban J connectivity index is 2.47. The van der Waals surface area contributed by atoms with Gasteiger partial charge in [0.25, 0.3) is 0 Å². The first-order chi connectivity index (χ1) is 7.26. The van der Waals surface area contributed by atoms with E-state index in [0.717, 1.165) is 28.8 Å². The van der Waals surface area contributed by atoms with Crippen molar-refractivity contribution in [1.82, 2.24) is 10.4 Å². The van der Waals surface area contributed by atoms with Crippen molar-refractivity contribution in [3.05, 3.63) is 28.5 Å². The summed E-state index contributed by atoms with van der Waals surface area (Å²) in [5.41, 5.74) is 3.91. The third-order valence-corrected chi connectivity index (χ3v) is 3.26. The zero-order chi connectivity index (χ0) is 11.1. The molecule has 3 N–H and O–H groups in total. The summed E-state index contributed by atoms with van der Waals surface area (Å²) in [5.74, 6) is 6.61. The maximum Gasteiger partial charge on any atom is 0.0420 e. The number of nitrogens with two attached hydrogens (primary N) is 1. The Morgan fingerprint density at radius 2 is 2.40 bits per heavy atom. The average Bonchev–Trinajstić information content (AvgIpc) is 2.27. The van der Waals surface area contributed by atoms with Gasteiger partial charge in [0.05, 0.1) is 0 Å². The number of hydrogen-bond acceptors (Lipinski definition) is 4. The third kappa shape index (κ3) is 4.97. The summed E-state index contributed by atoms with van der Waals surface area (Å²) >= 11 is 5.20. The van der Waals surface area contributed by atoms with E-state index in [0.29, 0.717) is 6.04 Å². The van der Waals surface area contributed by atoms with Crippen LogP contribution in [-0.4, -0.2) is 23.0 Å². The number of nitrogens with one attached hydrogen (secondary N) is 1. The highest BCUT2D eigenvalue weighted by Crippen LogP contribution is 2.10. The molecule has 0 fully saturated rings. The number of nitrogens with zero attached hydrogens (tertiary/aromatic N) is 1. The summed E-state index contributed by atoms with van der Waals surface area (Å²) in [7, 11) is 0. The van der Waals surface area contributed by atoms with E-state index >= 15 is 0 Å². The summed E-state index contributed by atoms with van der Waals surface area (Å²) in [6, 6.07) is 4.34. The zero-order valence-corrected chi connectivity index (χ0v) is 11.1. The molecule has 0 aliphatic carbocycles. The maximum absolute atomic E-state index is 5.49. The number of aromatic nitrogens is 1. The Kier molecular flexibility index (Phi) is 6.24. The van der Waals surface area contributed by atoms with Crippen LogP contribution in [0.2, 0.25) is 0 Å². The van der Waals surface area contributed by atoms with Crippen LogP contribution in [0, 0.1) is 0 Å². The van der Waals surface area contributed by atoms with Crippen LogP contribution in [0.4, 0.5) is 0 Å². The van der Waals surface area contributed by atoms with Crippen molar-refractivity contribution < 1.29 is 0 Å². The fourth-order valence-electron chi connectivity index (χ4n) is 1.28. The van der Waals surface area contributed by atoms with E-state index in [-0.39, 0.29) is 0 Å². The van der Waals surface area contributed by atoms with Gasteiger partial charge in [-0.05, 0) is 46.5 Å². The van der Waals surface area contributed by atoms with Gasteiger partial charge in [-0.3, -0.25) is 16.3 Å². The quantitative estimate of drug-likeness (QED) is 0.621. The lowest BCUT2D eigenvalue weighted by Gasteiger charge is -2.14. The lowest BCUT2D eigenvalue weighted by Crippen LogP contribution is -2.37. The number of halogens is 1. The summed E-state index contributed by atoms with van der Waals surface area (Å²) < 4.78 is 1.01. The van der Waals surface area contributed by atoms with E-state index in [4.69, 9.17) is 5.84 Å². The molecule has 1 heterocycles. The van der Waals surface area contributed by atoms with Crippen LogP contribution in [0.5, 0.6) is 0 Å². The van der Waals surface area contributed by atoms with Gasteiger partial charge in [0.2, 0.25) is 0 Å². The molecule has 0 amide bonds. The van der Waals surface area contributed by atoms with Crippen molar-refractivity contribution in [2.75, 3.05) is 12.0 Å². The Labute approximate surface area is 103 Å². The molecular weight excluding hydrogens is 274 g/mol. The first-order valence-electron chi connectivity index (χ1n) is 4.81. The van der Waals surface area contributed by atoms with Gasteiger partial charge in [0.15, 0.2) is 0 Å². The minimum absolute atomic E-state index is 0.311. The largest absolute Gasteiger partial charge is 0.271 e. The molecule has 15 heavy (non-hydrogen) atoms. The highest BCUT2D eigenvalue weighted by atomic mass is 79.9. The third-order valence-electron chi connectivity index (χ3n) is 2.15. The Morgan fingerprint density at radius 3 is 2.93 bits per heavy atom. The summed E-state index contributed by atoms with van der Waals surface area (Å²) in [6.07, 6.45) is 5.86. The Hall–Kier alpha value is -0.100. The average molecular weight is 290 g/mol. The second kappa shape index (κ2) is 7.22. The molecule has 0 spiro atoms. The fourth-order valence-corrected chi connectivity index (χ4v) is 2.04. The molecule has 0 aliphatic rings. The lowest BCUT2D eigenvalue weighted by molar-refractivity contribution is 0.509. The van der Waals surface area contributed by atoms with Crippen molar-refractivity contribution >= 4 is 27.7 Å². The lowest BCUT2D eigenvalue weighted by atomic mass is 10.1. The molecule has 0 saturated carbocycles. The summed E-state index contributed by atoms with van der Waals surface area (Å²) in [5, 5.41) is 0. The van der Waals surface area contributed by atoms with E-state index in [9.17, 15) is 0 Å². The molecule has 1 atom stereocenters. The number of hydrazine groups is 1. The van der Waals surface area contributed by atoms with E-state index in [1.165, 1.54) is 0 Å². The van der Waals surface area contributed by atoms with Crippen molar-refractivity contribution in [2.45, 2.75) is 18.9 Å². The topological polar surface area (TPSA) is 50.9 Å². The minimum atomic E-state index is 0.311. The molecular formula is C10H16BrN3S. The van der Waals surface area contributed by atoms with Gasteiger partial charge in [-0.15, -0.1) is 0 Å². The Morgan fingerprint density at radius 1 is 1.60 bits per heavy atom. The standard InChI is InChI=1S/C10H16BrN3S/c1-15-5-4-10(14-12)6-9-3-2-8(11)7-13-9/h2-3,7,10,14H,4-6,12H2,1H3. The van der Waals surface area contributed by atoms with E-state index in [1.54, 1.807) is 0 Å². The number of pyridine rings is 1. The van der Waals surface area contributed by atoms with Crippen LogP contribution in [0.3, 0.4) is 0 Å². The zero-order valence-electron chi connectivity index (χ0n) is 8.74. The maximum atomic E-state index is 5.49. The van der Waals surface area contributed by atoms with E-state index in [1.807, 2.05) is 30.1 Å². The normalized spacial score (nSPS) is 12.7. The molecule has 1 rings (SSSR count). The second-order valence-electron chi connectivity index (χ2n) is 3.32. The molecule has 84 valence electrons. The molecule has 0 radical (unpaired) electrons. The summed E-state index contributed by atoms with van der Waals surface area (Å²) in [4.78, 5) is 4.32. The van der Waals surface area contributed by atoms with Crippen molar-refractivity contribution in [3.8, 4) is 0 Å². The predicted octanol–water partition coefficient (Wildman–Crippen LogP) is 1.97. The van der Waals surface area contributed by atoms with Gasteiger partial charge in [0, 0.05) is 28.8 Å². The first kappa shape index (κ1) is 13.0. The van der Waals surface area contributed by atoms with Crippen LogP contribution in [0.25, 0.3) is 0 Å². The molecule has 0 aliphatic heterocycles. The minimum Gasteiger partial charge on any atom is -0.271 e. The van der Waals surface area contributed by atoms with Gasteiger partial charge in [0.1, 0.15) is 0 Å². The molecule has 1 aromatic rings. The molecule has 5 heteroatoms. The van der Waals surface area contributed by atoms with Crippen molar-refractivity contribution in [1.29, 1.82) is 0 Å². The van der Waals surface area contributed by atoms with Crippen molar-refractivity contribution in [3.63, 3.8) is 0 Å². The van der Waals surface area contributed by atoms with Gasteiger partial charge < -0.3 is 0 Å². The molecule has 0 saturated heterocycles. The molecule has 0 aromatic carbocycles. The van der Waals surface area contributed by atoms with Crippen molar-refractivity contribution in [2.24, 2.45) is 5.84 Å². The van der Waals surface area contributed by atoms with Gasteiger partial charge in [-0.25, -0.2) is 0 Å². The number of thioether (sulfide) groups is 1. The smallest absolute Gasteiger partial charge is 0.0420 e. The van der Waals surface area contributed by atoms with Gasteiger partial charge >= 0.3 is 0 Å². The highest BCUT2D eigenvalue weighted by molar-refractivity contribution is 9.10. The highest BCUT2D eigenvalue weighted by Gasteiger charge is 2.07. The van der Waals surface area contributed by atoms with E-state index < -0.39 is 0 Å². The molecule has 0 bridgehead atoms. The molecule has 3 nitrogen and oxygen atoms in total. The summed E-state index contributed by atoms with van der Waals surface area (Å²) in [6.45, 7) is 0. The van der Waals surface area contributed by atoms with Crippen LogP contribution in [-0.2, 0) is 6.42 Å².